The van der Waals surface area contributed by atoms with Gasteiger partial charge in [0, 0.05) is 15.9 Å². The zero-order valence-electron chi connectivity index (χ0n) is 13.4. The van der Waals surface area contributed by atoms with Gasteiger partial charge in [0.05, 0.1) is 18.1 Å². The Morgan fingerprint density at radius 1 is 1.28 bits per heavy atom. The third-order valence-electron chi connectivity index (χ3n) is 4.05. The van der Waals surface area contributed by atoms with Gasteiger partial charge < -0.3 is 9.64 Å². The van der Waals surface area contributed by atoms with Crippen LogP contribution in [0, 0.1) is 0 Å². The van der Waals surface area contributed by atoms with E-state index in [1.807, 2.05) is 17.5 Å². The third-order valence-corrected chi connectivity index (χ3v) is 6.92. The number of hydrogen-bond donors (Lipinski definition) is 0. The molecular weight excluding hydrogens is 382 g/mol. The first-order valence-electron chi connectivity index (χ1n) is 7.83. The molecule has 8 heteroatoms. The number of hydrogen-bond acceptors (Lipinski definition) is 5. The van der Waals surface area contributed by atoms with Crippen LogP contribution in [0.15, 0.2) is 41.8 Å². The second kappa shape index (κ2) is 7.76. The molecule has 134 valence electrons. The van der Waals surface area contributed by atoms with Gasteiger partial charge in [-0.25, -0.2) is 8.42 Å². The molecule has 2 heterocycles. The minimum atomic E-state index is -3.07. The highest BCUT2D eigenvalue weighted by atomic mass is 35.5. The molecule has 0 bridgehead atoms. The number of nitrogens with zero attached hydrogens (tertiary/aromatic N) is 1. The van der Waals surface area contributed by atoms with Gasteiger partial charge in [-0.05, 0) is 42.1 Å². The van der Waals surface area contributed by atoms with Crippen LogP contribution in [0.1, 0.15) is 11.3 Å². The van der Waals surface area contributed by atoms with E-state index in [2.05, 4.69) is 0 Å². The summed E-state index contributed by atoms with van der Waals surface area (Å²) in [5.74, 6) is 0.480. The number of sulfone groups is 1. The monoisotopic (exact) mass is 399 g/mol. The van der Waals surface area contributed by atoms with Crippen LogP contribution in [0.5, 0.6) is 5.75 Å². The Kier molecular flexibility index (Phi) is 5.66. The average Bonchev–Trinajstić information content (AvgIpc) is 3.21. The maximum atomic E-state index is 12.7. The highest BCUT2D eigenvalue weighted by Gasteiger charge is 2.34. The molecule has 25 heavy (non-hydrogen) atoms. The van der Waals surface area contributed by atoms with E-state index < -0.39 is 9.84 Å². The van der Waals surface area contributed by atoms with Crippen molar-refractivity contribution < 1.29 is 17.9 Å². The molecule has 5 nitrogen and oxygen atoms in total. The van der Waals surface area contributed by atoms with Crippen molar-refractivity contribution in [2.45, 2.75) is 19.0 Å². The van der Waals surface area contributed by atoms with Gasteiger partial charge in [0.2, 0.25) is 0 Å². The Morgan fingerprint density at radius 3 is 2.64 bits per heavy atom. The molecule has 1 aliphatic rings. The highest BCUT2D eigenvalue weighted by Crippen LogP contribution is 2.22. The number of thiophene rings is 1. The summed E-state index contributed by atoms with van der Waals surface area (Å²) in [4.78, 5) is 15.3. The molecule has 0 saturated carbocycles. The maximum Gasteiger partial charge on any atom is 0.261 e. The Balaban J connectivity index is 1.69. The van der Waals surface area contributed by atoms with Crippen LogP contribution in [0.25, 0.3) is 0 Å². The van der Waals surface area contributed by atoms with Crippen LogP contribution < -0.4 is 4.74 Å². The van der Waals surface area contributed by atoms with Gasteiger partial charge in [-0.15, -0.1) is 11.3 Å². The number of halogens is 1. The Hall–Kier alpha value is -1.57. The minimum absolute atomic E-state index is 0.0189. The highest BCUT2D eigenvalue weighted by molar-refractivity contribution is 7.91. The third kappa shape index (κ3) is 4.96. The van der Waals surface area contributed by atoms with Crippen molar-refractivity contribution >= 4 is 38.7 Å². The fraction of sp³-hybridized carbons (Fsp3) is 0.353. The van der Waals surface area contributed by atoms with Crippen molar-refractivity contribution in [1.29, 1.82) is 0 Å². The lowest BCUT2D eigenvalue weighted by atomic mass is 10.2. The summed E-state index contributed by atoms with van der Waals surface area (Å²) in [6, 6.07) is 10.3. The van der Waals surface area contributed by atoms with Crippen LogP contribution >= 0.6 is 22.9 Å². The summed E-state index contributed by atoms with van der Waals surface area (Å²) in [6.45, 7) is 0.268. The Bertz CT molecular complexity index is 819. The molecule has 1 fully saturated rings. The lowest BCUT2D eigenvalue weighted by molar-refractivity contribution is -0.135. The van der Waals surface area contributed by atoms with Crippen LogP contribution in [-0.4, -0.2) is 43.4 Å². The fourth-order valence-electron chi connectivity index (χ4n) is 2.77. The first-order chi connectivity index (χ1) is 11.9. The number of rotatable bonds is 6. The van der Waals surface area contributed by atoms with Crippen LogP contribution in [0.4, 0.5) is 0 Å². The smallest absolute Gasteiger partial charge is 0.261 e. The van der Waals surface area contributed by atoms with Gasteiger partial charge in [-0.1, -0.05) is 17.7 Å². The van der Waals surface area contributed by atoms with Crippen LogP contribution in [-0.2, 0) is 21.2 Å². The first kappa shape index (κ1) is 18.2. The van der Waals surface area contributed by atoms with E-state index in [1.54, 1.807) is 40.5 Å². The first-order valence-corrected chi connectivity index (χ1v) is 10.9. The summed E-state index contributed by atoms with van der Waals surface area (Å²) >= 11 is 7.38. The summed E-state index contributed by atoms with van der Waals surface area (Å²) in [5, 5.41) is 2.53. The topological polar surface area (TPSA) is 63.7 Å². The predicted molar refractivity (Wildman–Crippen MR) is 98.9 cm³/mol. The van der Waals surface area contributed by atoms with Gasteiger partial charge in [0.15, 0.2) is 16.4 Å². The molecular formula is C17H18ClNO4S2. The molecule has 0 radical (unpaired) electrons. The van der Waals surface area contributed by atoms with Crippen LogP contribution in [0.3, 0.4) is 0 Å². The molecule has 0 unspecified atom stereocenters. The van der Waals surface area contributed by atoms with Gasteiger partial charge in [-0.2, -0.15) is 0 Å². The van der Waals surface area contributed by atoms with Gasteiger partial charge >= 0.3 is 0 Å². The number of benzene rings is 1. The molecule has 2 aromatic rings. The molecule has 0 aliphatic carbocycles. The fourth-order valence-corrected chi connectivity index (χ4v) is 5.33. The van der Waals surface area contributed by atoms with E-state index in [0.29, 0.717) is 23.7 Å². The van der Waals surface area contributed by atoms with E-state index in [0.717, 1.165) is 4.88 Å². The summed E-state index contributed by atoms with van der Waals surface area (Å²) in [7, 11) is -3.07. The van der Waals surface area contributed by atoms with Crippen LogP contribution in [0.2, 0.25) is 5.02 Å². The number of carbonyl (C=O) groups excluding carboxylic acids is 1. The molecule has 1 amide bonds. The number of carbonyl (C=O) groups is 1. The molecule has 1 aliphatic heterocycles. The zero-order valence-corrected chi connectivity index (χ0v) is 15.8. The van der Waals surface area contributed by atoms with Crippen molar-refractivity contribution in [3.05, 3.63) is 51.7 Å². The quantitative estimate of drug-likeness (QED) is 0.749. The lowest BCUT2D eigenvalue weighted by Gasteiger charge is -2.27. The zero-order chi connectivity index (χ0) is 17.9. The molecule has 1 aromatic carbocycles. The van der Waals surface area contributed by atoms with Crippen molar-refractivity contribution in [2.75, 3.05) is 18.1 Å². The summed E-state index contributed by atoms with van der Waals surface area (Å²) < 4.78 is 29.1. The second-order valence-corrected chi connectivity index (χ2v) is 9.60. The van der Waals surface area contributed by atoms with Gasteiger partial charge in [-0.3, -0.25) is 4.79 Å². The summed E-state index contributed by atoms with van der Waals surface area (Å²) in [5.41, 5.74) is 0. The number of amides is 1. The standard InChI is InChI=1S/C17H18ClNO4S2/c18-13-3-5-15(6-4-13)23-11-17(20)19(10-16-2-1-8-24-16)14-7-9-25(21,22)12-14/h1-6,8,14H,7,9-12H2/t14-/m1/s1. The second-order valence-electron chi connectivity index (χ2n) is 5.90. The normalized spacial score (nSPS) is 18.8. The molecule has 1 aromatic heterocycles. The number of ether oxygens (including phenoxy) is 1. The van der Waals surface area contributed by atoms with E-state index in [9.17, 15) is 13.2 Å². The van der Waals surface area contributed by atoms with Crippen molar-refractivity contribution in [2.24, 2.45) is 0 Å². The van der Waals surface area contributed by atoms with Crippen molar-refractivity contribution in [3.63, 3.8) is 0 Å². The van der Waals surface area contributed by atoms with Gasteiger partial charge in [0.25, 0.3) is 5.91 Å². The van der Waals surface area contributed by atoms with E-state index >= 15 is 0 Å². The average molecular weight is 400 g/mol. The van der Waals surface area contributed by atoms with Gasteiger partial charge in [0.1, 0.15) is 5.75 Å². The Labute approximate surface area is 156 Å². The van der Waals surface area contributed by atoms with E-state index in [4.69, 9.17) is 16.3 Å². The lowest BCUT2D eigenvalue weighted by Crippen LogP contribution is -2.42. The summed E-state index contributed by atoms with van der Waals surface area (Å²) in [6.07, 6.45) is 0.473. The van der Waals surface area contributed by atoms with Crippen molar-refractivity contribution in [1.82, 2.24) is 4.90 Å². The predicted octanol–water partition coefficient (Wildman–Crippen LogP) is 3.00. The largest absolute Gasteiger partial charge is 0.484 e. The molecule has 3 rings (SSSR count). The van der Waals surface area contributed by atoms with Crippen molar-refractivity contribution in [3.8, 4) is 5.75 Å². The SMILES string of the molecule is O=C(COc1ccc(Cl)cc1)N(Cc1cccs1)[C@@H]1CCS(=O)(=O)C1. The Morgan fingerprint density at radius 2 is 2.04 bits per heavy atom. The maximum absolute atomic E-state index is 12.7. The molecule has 0 spiro atoms. The van der Waals surface area contributed by atoms with E-state index in [-0.39, 0.29) is 30.1 Å². The molecule has 0 N–H and O–H groups in total. The molecule has 1 saturated heterocycles. The minimum Gasteiger partial charge on any atom is -0.484 e. The van der Waals surface area contributed by atoms with E-state index in [1.165, 1.54) is 0 Å². The molecule has 1 atom stereocenters.